The van der Waals surface area contributed by atoms with Gasteiger partial charge in [0.25, 0.3) is 0 Å². The van der Waals surface area contributed by atoms with Gasteiger partial charge in [-0.2, -0.15) is 0 Å². The lowest BCUT2D eigenvalue weighted by atomic mass is 9.92. The van der Waals surface area contributed by atoms with Crippen LogP contribution in [0, 0.1) is 0 Å². The number of fused-ring (bicyclic) bond motifs is 5. The zero-order valence-corrected chi connectivity index (χ0v) is 22.7. The number of hydrogen-bond donors (Lipinski definition) is 2. The topological polar surface area (TPSA) is 70.7 Å². The SMILES string of the molecule is COC1=CC=C2N/C3=C/Cc4cccc(c4)C[C@@H](C(=O)N(C)c4ccc(Cl)cc4)NC(=O)CC(=C3)C2=CC=C1. The lowest BCUT2D eigenvalue weighted by molar-refractivity contribution is -0.127. The summed E-state index contributed by atoms with van der Waals surface area (Å²) in [6.45, 7) is 0. The quantitative estimate of drug-likeness (QED) is 0.555. The van der Waals surface area contributed by atoms with Crippen molar-refractivity contribution in [3.05, 3.63) is 136 Å². The van der Waals surface area contributed by atoms with Gasteiger partial charge in [-0.05, 0) is 71.7 Å². The number of amides is 2. The third-order valence-electron chi connectivity index (χ3n) is 6.94. The Morgan fingerprint density at radius 3 is 2.67 bits per heavy atom. The van der Waals surface area contributed by atoms with E-state index >= 15 is 0 Å². The molecular weight excluding hydrogens is 510 g/mol. The van der Waals surface area contributed by atoms with Crippen molar-refractivity contribution in [1.82, 2.24) is 10.6 Å². The second-order valence-electron chi connectivity index (χ2n) is 9.65. The molecule has 0 saturated carbocycles. The Morgan fingerprint density at radius 1 is 1.08 bits per heavy atom. The number of allylic oxidation sites excluding steroid dienone is 8. The number of rotatable bonds is 3. The molecule has 2 aliphatic heterocycles. The van der Waals surface area contributed by atoms with Gasteiger partial charge in [0.15, 0.2) is 0 Å². The standard InChI is InChI=1S/C32H30ClN3O3/c1-36(26-13-10-24(33)11-14-26)32(38)30-18-22-6-3-5-21(17-22)9-12-25-19-23(20-31(37)35-30)28-8-4-7-27(39-2)15-16-29(28)34-25/h3-8,10-17,19,30,34H,9,18,20H2,1-2H3,(H,35,37)/b7-4?,8-4?,16-15?,25-12+,27-7?,27-15?,28-8?,29-16?/t30-/m0/s1. The molecule has 2 aromatic carbocycles. The Morgan fingerprint density at radius 2 is 1.87 bits per heavy atom. The van der Waals surface area contributed by atoms with Crippen molar-refractivity contribution in [2.45, 2.75) is 25.3 Å². The molecule has 1 aliphatic carbocycles. The van der Waals surface area contributed by atoms with Gasteiger partial charge in [-0.25, -0.2) is 0 Å². The summed E-state index contributed by atoms with van der Waals surface area (Å²) in [6.07, 6.45) is 15.0. The van der Waals surface area contributed by atoms with Crippen LogP contribution in [0.5, 0.6) is 0 Å². The maximum absolute atomic E-state index is 13.7. The van der Waals surface area contributed by atoms with Gasteiger partial charge in [-0.15, -0.1) is 0 Å². The van der Waals surface area contributed by atoms with E-state index < -0.39 is 6.04 Å². The summed E-state index contributed by atoms with van der Waals surface area (Å²) in [5.41, 5.74) is 6.39. The lowest BCUT2D eigenvalue weighted by Gasteiger charge is -2.27. The molecule has 198 valence electrons. The van der Waals surface area contributed by atoms with E-state index in [2.05, 4.69) is 28.8 Å². The fraction of sp³-hybridized carbons (Fsp3) is 0.188. The van der Waals surface area contributed by atoms with E-state index in [1.165, 1.54) is 0 Å². The van der Waals surface area contributed by atoms with E-state index in [1.54, 1.807) is 43.3 Å². The Labute approximate surface area is 233 Å². The van der Waals surface area contributed by atoms with Crippen LogP contribution in [0.2, 0.25) is 5.02 Å². The van der Waals surface area contributed by atoms with Crippen molar-refractivity contribution in [3.63, 3.8) is 0 Å². The van der Waals surface area contributed by atoms with Crippen LogP contribution < -0.4 is 15.5 Å². The van der Waals surface area contributed by atoms with Crippen LogP contribution in [0.4, 0.5) is 5.69 Å². The van der Waals surface area contributed by atoms with E-state index in [0.717, 1.165) is 39.4 Å². The van der Waals surface area contributed by atoms with Crippen molar-refractivity contribution in [2.24, 2.45) is 0 Å². The normalized spacial score (nSPS) is 20.1. The number of methoxy groups -OCH3 is 1. The Bertz CT molecular complexity index is 1480. The van der Waals surface area contributed by atoms with Crippen LogP contribution >= 0.6 is 11.6 Å². The number of hydrogen-bond acceptors (Lipinski definition) is 4. The molecule has 3 aliphatic rings. The summed E-state index contributed by atoms with van der Waals surface area (Å²) in [5, 5.41) is 7.12. The molecule has 2 amide bonds. The fourth-order valence-electron chi connectivity index (χ4n) is 4.87. The average Bonchev–Trinajstić information content (AvgIpc) is 2.92. The maximum Gasteiger partial charge on any atom is 0.249 e. The van der Waals surface area contributed by atoms with Crippen molar-refractivity contribution in [1.29, 1.82) is 0 Å². The molecule has 5 rings (SSSR count). The molecule has 2 heterocycles. The van der Waals surface area contributed by atoms with Gasteiger partial charge >= 0.3 is 0 Å². The third kappa shape index (κ3) is 6.24. The molecule has 0 saturated heterocycles. The highest BCUT2D eigenvalue weighted by molar-refractivity contribution is 6.30. The first-order chi connectivity index (χ1) is 18.9. The molecule has 0 unspecified atom stereocenters. The van der Waals surface area contributed by atoms with Gasteiger partial charge in [0.05, 0.1) is 13.5 Å². The number of likely N-dealkylation sites (N-methyl/N-ethyl adjacent to an activating group) is 1. The van der Waals surface area contributed by atoms with Gasteiger partial charge in [0, 0.05) is 41.1 Å². The van der Waals surface area contributed by atoms with Gasteiger partial charge in [-0.3, -0.25) is 9.59 Å². The molecule has 6 nitrogen and oxygen atoms in total. The summed E-state index contributed by atoms with van der Waals surface area (Å²) in [7, 11) is 3.35. The molecule has 0 radical (unpaired) electrons. The van der Waals surface area contributed by atoms with Crippen LogP contribution in [0.15, 0.2) is 119 Å². The number of ether oxygens (including phenoxy) is 1. The molecule has 2 aromatic rings. The molecular formula is C32H30ClN3O3. The smallest absolute Gasteiger partial charge is 0.249 e. The molecule has 1 atom stereocenters. The molecule has 4 bridgehead atoms. The van der Waals surface area contributed by atoms with Gasteiger partial charge in [0.2, 0.25) is 11.8 Å². The third-order valence-corrected chi connectivity index (χ3v) is 7.19. The summed E-state index contributed by atoms with van der Waals surface area (Å²) in [5.74, 6) is 0.308. The molecule has 2 N–H and O–H groups in total. The lowest BCUT2D eigenvalue weighted by Crippen LogP contribution is -2.49. The van der Waals surface area contributed by atoms with Crippen LogP contribution in [0.25, 0.3) is 0 Å². The van der Waals surface area contributed by atoms with Gasteiger partial charge in [0.1, 0.15) is 11.8 Å². The number of nitrogens with zero attached hydrogens (tertiary/aromatic N) is 1. The summed E-state index contributed by atoms with van der Waals surface area (Å²) >= 11 is 6.05. The second kappa shape index (κ2) is 11.6. The van der Waals surface area contributed by atoms with Crippen LogP contribution in [-0.4, -0.2) is 32.0 Å². The number of halogens is 1. The number of nitrogens with one attached hydrogen (secondary N) is 2. The minimum absolute atomic E-state index is 0.128. The summed E-state index contributed by atoms with van der Waals surface area (Å²) in [6, 6.07) is 14.5. The Kier molecular flexibility index (Phi) is 7.84. The van der Waals surface area contributed by atoms with Crippen LogP contribution in [-0.2, 0) is 27.2 Å². The summed E-state index contributed by atoms with van der Waals surface area (Å²) < 4.78 is 5.40. The predicted molar refractivity (Wildman–Crippen MR) is 155 cm³/mol. The number of carbonyl (C=O) groups excluding carboxylic acids is 2. The minimum Gasteiger partial charge on any atom is -0.497 e. The zero-order valence-electron chi connectivity index (χ0n) is 21.9. The zero-order chi connectivity index (χ0) is 27.4. The van der Waals surface area contributed by atoms with Crippen LogP contribution in [0.1, 0.15) is 17.5 Å². The van der Waals surface area contributed by atoms with Crippen LogP contribution in [0.3, 0.4) is 0 Å². The monoisotopic (exact) mass is 539 g/mol. The predicted octanol–water partition coefficient (Wildman–Crippen LogP) is 5.30. The van der Waals surface area contributed by atoms with E-state index in [9.17, 15) is 9.59 Å². The van der Waals surface area contributed by atoms with Gasteiger partial charge in [-0.1, -0.05) is 54.1 Å². The second-order valence-corrected chi connectivity index (χ2v) is 10.1. The highest BCUT2D eigenvalue weighted by Crippen LogP contribution is 2.30. The van der Waals surface area contributed by atoms with Crippen molar-refractivity contribution >= 4 is 29.1 Å². The van der Waals surface area contributed by atoms with Crippen molar-refractivity contribution < 1.29 is 14.3 Å². The Balaban J connectivity index is 1.50. The molecule has 0 aromatic heterocycles. The Hall–Kier alpha value is -4.29. The fourth-order valence-corrected chi connectivity index (χ4v) is 5.00. The highest BCUT2D eigenvalue weighted by atomic mass is 35.5. The molecule has 0 spiro atoms. The number of carbonyl (C=O) groups is 2. The molecule has 39 heavy (non-hydrogen) atoms. The van der Waals surface area contributed by atoms with E-state index in [-0.39, 0.29) is 18.2 Å². The number of benzene rings is 2. The first-order valence-electron chi connectivity index (χ1n) is 12.8. The maximum atomic E-state index is 13.7. The van der Waals surface area contributed by atoms with E-state index in [0.29, 0.717) is 23.6 Å². The van der Waals surface area contributed by atoms with Crippen molar-refractivity contribution in [2.75, 3.05) is 19.1 Å². The minimum atomic E-state index is -0.739. The van der Waals surface area contributed by atoms with E-state index in [1.807, 2.05) is 48.6 Å². The average molecular weight is 540 g/mol. The molecule has 7 heteroatoms. The first kappa shape index (κ1) is 26.3. The number of anilines is 1. The largest absolute Gasteiger partial charge is 0.497 e. The van der Waals surface area contributed by atoms with Crippen molar-refractivity contribution in [3.8, 4) is 0 Å². The molecule has 0 fully saturated rings. The van der Waals surface area contributed by atoms with Gasteiger partial charge < -0.3 is 20.3 Å². The summed E-state index contributed by atoms with van der Waals surface area (Å²) in [4.78, 5) is 28.7. The highest BCUT2D eigenvalue weighted by Gasteiger charge is 2.27. The first-order valence-corrected chi connectivity index (χ1v) is 13.2. The van der Waals surface area contributed by atoms with E-state index in [4.69, 9.17) is 16.3 Å².